The summed E-state index contributed by atoms with van der Waals surface area (Å²) in [5.74, 6) is 0.193. The van der Waals surface area contributed by atoms with Gasteiger partial charge in [0.1, 0.15) is 5.75 Å². The molecule has 1 aromatic rings. The Morgan fingerprint density at radius 1 is 1.54 bits per heavy atom. The number of hydrogen-bond donors (Lipinski definition) is 1. The van der Waals surface area contributed by atoms with Gasteiger partial charge in [0.2, 0.25) is 5.91 Å². The minimum absolute atomic E-state index is 0.0170. The number of carbonyl (C=O) groups is 1. The van der Waals surface area contributed by atoms with Crippen LogP contribution in [0.4, 0.5) is 5.69 Å². The van der Waals surface area contributed by atoms with Crippen LogP contribution in [-0.2, 0) is 11.2 Å². The second-order valence-corrected chi connectivity index (χ2v) is 3.88. The fourth-order valence-electron chi connectivity index (χ4n) is 1.49. The molecule has 4 heteroatoms. The maximum atomic E-state index is 11.3. The molecule has 0 aliphatic carbocycles. The third-order valence-corrected chi connectivity index (χ3v) is 2.91. The van der Waals surface area contributed by atoms with E-state index < -0.39 is 0 Å². The third kappa shape index (κ3) is 1.13. The second kappa shape index (κ2) is 2.73. The number of benzene rings is 1. The summed E-state index contributed by atoms with van der Waals surface area (Å²) in [6.45, 7) is 0. The molecule has 1 amide bonds. The van der Waals surface area contributed by atoms with E-state index in [1.165, 1.54) is 0 Å². The first-order valence-corrected chi connectivity index (χ1v) is 4.67. The SMILES string of the molecule is CN1C(=O)Cc2c1ccc(Br)c2O. The van der Waals surface area contributed by atoms with Crippen LogP contribution in [0.1, 0.15) is 5.56 Å². The van der Waals surface area contributed by atoms with Crippen LogP contribution in [0, 0.1) is 0 Å². The number of phenolic OH excluding ortho intramolecular Hbond substituents is 1. The molecule has 2 rings (SSSR count). The largest absolute Gasteiger partial charge is 0.506 e. The molecule has 1 aliphatic rings. The fourth-order valence-corrected chi connectivity index (χ4v) is 1.86. The first-order valence-electron chi connectivity index (χ1n) is 3.88. The van der Waals surface area contributed by atoms with E-state index in [1.807, 2.05) is 6.07 Å². The van der Waals surface area contributed by atoms with Crippen LogP contribution in [-0.4, -0.2) is 18.1 Å². The highest BCUT2D eigenvalue weighted by atomic mass is 79.9. The molecule has 0 spiro atoms. The van der Waals surface area contributed by atoms with E-state index in [1.54, 1.807) is 18.0 Å². The number of halogens is 1. The zero-order valence-corrected chi connectivity index (χ0v) is 8.63. The van der Waals surface area contributed by atoms with Crippen molar-refractivity contribution >= 4 is 27.5 Å². The molecule has 0 saturated heterocycles. The van der Waals surface area contributed by atoms with Gasteiger partial charge in [-0.25, -0.2) is 0 Å². The number of amides is 1. The molecular weight excluding hydrogens is 234 g/mol. The molecule has 1 heterocycles. The van der Waals surface area contributed by atoms with E-state index >= 15 is 0 Å². The standard InChI is InChI=1S/C9H8BrNO2/c1-11-7-3-2-6(10)9(13)5(7)4-8(11)12/h2-3,13H,4H2,1H3. The quantitative estimate of drug-likeness (QED) is 0.751. The maximum Gasteiger partial charge on any atom is 0.231 e. The number of hydrogen-bond acceptors (Lipinski definition) is 2. The lowest BCUT2D eigenvalue weighted by Crippen LogP contribution is -2.20. The molecule has 0 bridgehead atoms. The number of phenols is 1. The summed E-state index contributed by atoms with van der Waals surface area (Å²) in [4.78, 5) is 12.9. The topological polar surface area (TPSA) is 40.5 Å². The van der Waals surface area contributed by atoms with Gasteiger partial charge >= 0.3 is 0 Å². The fraction of sp³-hybridized carbons (Fsp3) is 0.222. The molecule has 0 unspecified atom stereocenters. The van der Waals surface area contributed by atoms with Gasteiger partial charge in [0.25, 0.3) is 0 Å². The van der Waals surface area contributed by atoms with Crippen molar-refractivity contribution in [1.29, 1.82) is 0 Å². The molecular formula is C9H8BrNO2. The average molecular weight is 242 g/mol. The number of rotatable bonds is 0. The van der Waals surface area contributed by atoms with Gasteiger partial charge in [-0.3, -0.25) is 4.79 Å². The highest BCUT2D eigenvalue weighted by Crippen LogP contribution is 2.38. The highest BCUT2D eigenvalue weighted by molar-refractivity contribution is 9.10. The molecule has 0 fully saturated rings. The van der Waals surface area contributed by atoms with E-state index in [9.17, 15) is 9.90 Å². The van der Waals surface area contributed by atoms with Crippen LogP contribution in [0.15, 0.2) is 16.6 Å². The van der Waals surface area contributed by atoms with E-state index in [-0.39, 0.29) is 18.1 Å². The highest BCUT2D eigenvalue weighted by Gasteiger charge is 2.27. The van der Waals surface area contributed by atoms with Crippen molar-refractivity contribution in [2.24, 2.45) is 0 Å². The zero-order chi connectivity index (χ0) is 9.59. The van der Waals surface area contributed by atoms with Gasteiger partial charge in [0.05, 0.1) is 16.6 Å². The predicted octanol–water partition coefficient (Wildman–Crippen LogP) is 1.67. The van der Waals surface area contributed by atoms with Crippen LogP contribution in [0.25, 0.3) is 0 Å². The van der Waals surface area contributed by atoms with Gasteiger partial charge in [-0.2, -0.15) is 0 Å². The first-order chi connectivity index (χ1) is 6.11. The summed E-state index contributed by atoms with van der Waals surface area (Å²) in [5.41, 5.74) is 1.51. The monoisotopic (exact) mass is 241 g/mol. The molecule has 3 nitrogen and oxygen atoms in total. The Balaban J connectivity index is 2.64. The summed E-state index contributed by atoms with van der Waals surface area (Å²) in [7, 11) is 1.71. The zero-order valence-electron chi connectivity index (χ0n) is 7.04. The van der Waals surface area contributed by atoms with Crippen molar-refractivity contribution in [2.45, 2.75) is 6.42 Å². The molecule has 1 aliphatic heterocycles. The molecule has 13 heavy (non-hydrogen) atoms. The number of anilines is 1. The van der Waals surface area contributed by atoms with E-state index in [4.69, 9.17) is 0 Å². The number of fused-ring (bicyclic) bond motifs is 1. The van der Waals surface area contributed by atoms with Gasteiger partial charge in [0, 0.05) is 12.6 Å². The Labute approximate surface area is 84.1 Å². The number of carbonyl (C=O) groups excluding carboxylic acids is 1. The van der Waals surface area contributed by atoms with Gasteiger partial charge in [-0.1, -0.05) is 0 Å². The van der Waals surface area contributed by atoms with Crippen LogP contribution in [0.3, 0.4) is 0 Å². The molecule has 1 N–H and O–H groups in total. The van der Waals surface area contributed by atoms with Crippen LogP contribution in [0.2, 0.25) is 0 Å². The molecule has 0 aromatic heterocycles. The van der Waals surface area contributed by atoms with Gasteiger partial charge < -0.3 is 10.0 Å². The number of aromatic hydroxyl groups is 1. The van der Waals surface area contributed by atoms with Gasteiger partial charge in [-0.15, -0.1) is 0 Å². The van der Waals surface area contributed by atoms with Crippen LogP contribution in [0.5, 0.6) is 5.75 Å². The molecule has 1 aromatic carbocycles. The molecule has 0 saturated carbocycles. The Hall–Kier alpha value is -1.03. The van der Waals surface area contributed by atoms with Crippen molar-refractivity contribution in [3.05, 3.63) is 22.2 Å². The van der Waals surface area contributed by atoms with Gasteiger partial charge in [0.15, 0.2) is 0 Å². The van der Waals surface area contributed by atoms with Crippen LogP contribution >= 0.6 is 15.9 Å². The minimum atomic E-state index is 0.0170. The first kappa shape index (κ1) is 8.56. The lowest BCUT2D eigenvalue weighted by molar-refractivity contribution is -0.117. The summed E-state index contributed by atoms with van der Waals surface area (Å²) < 4.78 is 0.634. The van der Waals surface area contributed by atoms with Crippen molar-refractivity contribution < 1.29 is 9.90 Å². The Morgan fingerprint density at radius 2 is 2.23 bits per heavy atom. The average Bonchev–Trinajstić information content (AvgIpc) is 2.38. The Kier molecular flexibility index (Phi) is 1.80. The van der Waals surface area contributed by atoms with E-state index in [0.717, 1.165) is 5.69 Å². The van der Waals surface area contributed by atoms with E-state index in [0.29, 0.717) is 10.0 Å². The summed E-state index contributed by atoms with van der Waals surface area (Å²) in [6.07, 6.45) is 0.289. The molecule has 0 atom stereocenters. The lowest BCUT2D eigenvalue weighted by atomic mass is 10.1. The predicted molar refractivity (Wildman–Crippen MR) is 52.9 cm³/mol. The smallest absolute Gasteiger partial charge is 0.231 e. The van der Waals surface area contributed by atoms with E-state index in [2.05, 4.69) is 15.9 Å². The summed E-state index contributed by atoms with van der Waals surface area (Å²) >= 11 is 3.21. The van der Waals surface area contributed by atoms with Crippen molar-refractivity contribution in [3.63, 3.8) is 0 Å². The Morgan fingerprint density at radius 3 is 2.92 bits per heavy atom. The Bertz CT molecular complexity index is 389. The summed E-state index contributed by atoms with van der Waals surface area (Å²) in [6, 6.07) is 3.56. The molecule has 0 radical (unpaired) electrons. The summed E-state index contributed by atoms with van der Waals surface area (Å²) in [5, 5.41) is 9.63. The number of likely N-dealkylation sites (N-methyl/N-ethyl adjacent to an activating group) is 1. The van der Waals surface area contributed by atoms with Crippen molar-refractivity contribution in [1.82, 2.24) is 0 Å². The second-order valence-electron chi connectivity index (χ2n) is 3.02. The maximum absolute atomic E-state index is 11.3. The molecule has 68 valence electrons. The van der Waals surface area contributed by atoms with Crippen LogP contribution < -0.4 is 4.90 Å². The minimum Gasteiger partial charge on any atom is -0.506 e. The third-order valence-electron chi connectivity index (χ3n) is 2.27. The van der Waals surface area contributed by atoms with Crippen molar-refractivity contribution in [2.75, 3.05) is 11.9 Å². The normalized spacial score (nSPS) is 14.9. The van der Waals surface area contributed by atoms with Crippen molar-refractivity contribution in [3.8, 4) is 5.75 Å². The van der Waals surface area contributed by atoms with Gasteiger partial charge in [-0.05, 0) is 28.1 Å². The lowest BCUT2D eigenvalue weighted by Gasteiger charge is -2.10. The number of nitrogens with zero attached hydrogens (tertiary/aromatic N) is 1.